The molecule has 2 heterocycles. The van der Waals surface area contributed by atoms with Crippen molar-refractivity contribution in [2.24, 2.45) is 0 Å². The molecule has 1 fully saturated rings. The van der Waals surface area contributed by atoms with Gasteiger partial charge in [-0.2, -0.15) is 9.40 Å². The van der Waals surface area contributed by atoms with E-state index in [1.807, 2.05) is 39.3 Å². The second kappa shape index (κ2) is 8.31. The van der Waals surface area contributed by atoms with Crippen LogP contribution in [-0.4, -0.2) is 59.5 Å². The summed E-state index contributed by atoms with van der Waals surface area (Å²) in [6.45, 7) is 10.4. The predicted molar refractivity (Wildman–Crippen MR) is 112 cm³/mol. The normalized spacial score (nSPS) is 16.2. The Labute approximate surface area is 181 Å². The topological polar surface area (TPSA) is 75.5 Å². The van der Waals surface area contributed by atoms with E-state index >= 15 is 0 Å². The van der Waals surface area contributed by atoms with Gasteiger partial charge in [-0.15, -0.1) is 0 Å². The van der Waals surface area contributed by atoms with Crippen LogP contribution in [0, 0.1) is 11.6 Å². The summed E-state index contributed by atoms with van der Waals surface area (Å²) in [6, 6.07) is 4.16. The fourth-order valence-corrected chi connectivity index (χ4v) is 5.03. The summed E-state index contributed by atoms with van der Waals surface area (Å²) in [4.78, 5) is 14.0. The zero-order valence-corrected chi connectivity index (χ0v) is 19.2. The molecule has 0 aliphatic carbocycles. The minimum absolute atomic E-state index is 0.0158. The second-order valence-electron chi connectivity index (χ2n) is 8.96. The van der Waals surface area contributed by atoms with Gasteiger partial charge in [0.1, 0.15) is 16.5 Å². The van der Waals surface area contributed by atoms with Gasteiger partial charge in [0, 0.05) is 37.9 Å². The maximum Gasteiger partial charge on any atom is 0.274 e. The van der Waals surface area contributed by atoms with Crippen LogP contribution in [-0.2, 0) is 15.6 Å². The van der Waals surface area contributed by atoms with Crippen LogP contribution in [0.3, 0.4) is 0 Å². The first-order valence-electron chi connectivity index (χ1n) is 10.2. The summed E-state index contributed by atoms with van der Waals surface area (Å²) in [6.07, 6.45) is 0. The van der Waals surface area contributed by atoms with Gasteiger partial charge in [0.25, 0.3) is 5.91 Å². The van der Waals surface area contributed by atoms with Gasteiger partial charge in [0.05, 0.1) is 5.54 Å². The van der Waals surface area contributed by atoms with E-state index in [9.17, 15) is 22.0 Å². The molecule has 0 radical (unpaired) electrons. The van der Waals surface area contributed by atoms with Crippen LogP contribution in [0.1, 0.15) is 56.7 Å². The van der Waals surface area contributed by atoms with Gasteiger partial charge in [0.2, 0.25) is 10.0 Å². The van der Waals surface area contributed by atoms with E-state index in [0.29, 0.717) is 11.8 Å². The van der Waals surface area contributed by atoms with E-state index in [4.69, 9.17) is 0 Å². The van der Waals surface area contributed by atoms with Crippen LogP contribution in [0.2, 0.25) is 0 Å². The van der Waals surface area contributed by atoms with Crippen molar-refractivity contribution in [3.05, 3.63) is 47.3 Å². The number of sulfonamides is 1. The molecule has 1 aromatic heterocycles. The number of hydrogen-bond acceptors (Lipinski definition) is 4. The molecule has 1 aromatic carbocycles. The average Bonchev–Trinajstić information content (AvgIpc) is 3.13. The maximum absolute atomic E-state index is 14.0. The Morgan fingerprint density at radius 2 is 1.68 bits per heavy atom. The fourth-order valence-electron chi connectivity index (χ4n) is 3.57. The third-order valence-electron chi connectivity index (χ3n) is 5.22. The molecule has 10 heteroatoms. The van der Waals surface area contributed by atoms with Gasteiger partial charge < -0.3 is 4.90 Å². The number of piperazine rings is 1. The van der Waals surface area contributed by atoms with E-state index in [1.165, 1.54) is 0 Å². The molecule has 31 heavy (non-hydrogen) atoms. The summed E-state index contributed by atoms with van der Waals surface area (Å²) >= 11 is 0. The monoisotopic (exact) mass is 454 g/mol. The number of carbonyl (C=O) groups excluding carboxylic acids is 1. The highest BCUT2D eigenvalue weighted by Gasteiger charge is 2.33. The highest BCUT2D eigenvalue weighted by molar-refractivity contribution is 7.89. The predicted octanol–water partition coefficient (Wildman–Crippen LogP) is 3.19. The Bertz CT molecular complexity index is 1080. The third kappa shape index (κ3) is 4.64. The van der Waals surface area contributed by atoms with Crippen molar-refractivity contribution in [2.75, 3.05) is 26.2 Å². The van der Waals surface area contributed by atoms with E-state index in [-0.39, 0.29) is 43.5 Å². The zero-order chi connectivity index (χ0) is 23.1. The first-order valence-corrected chi connectivity index (χ1v) is 11.6. The molecule has 1 aliphatic rings. The Kier molecular flexibility index (Phi) is 6.25. The number of amides is 1. The SMILES string of the molecule is CC(C)c1cc(C(=O)N2CCN(S(=O)(=O)c3ccc(F)cc3F)CC2)nn1C(C)(C)C. The lowest BCUT2D eigenvalue weighted by molar-refractivity contribution is 0.0690. The van der Waals surface area contributed by atoms with Crippen molar-refractivity contribution in [3.8, 4) is 0 Å². The summed E-state index contributed by atoms with van der Waals surface area (Å²) < 4.78 is 55.6. The molecule has 170 valence electrons. The lowest BCUT2D eigenvalue weighted by atomic mass is 10.1. The number of aromatic nitrogens is 2. The van der Waals surface area contributed by atoms with E-state index < -0.39 is 26.6 Å². The van der Waals surface area contributed by atoms with Crippen LogP contribution in [0.25, 0.3) is 0 Å². The first kappa shape index (κ1) is 23.3. The number of halogens is 2. The standard InChI is InChI=1S/C21H28F2N4O3S/c1-14(2)18-13-17(24-27(18)21(3,4)5)20(28)25-8-10-26(11-9-25)31(29,30)19-7-6-15(22)12-16(19)23/h6-7,12-14H,8-11H2,1-5H3. The molecular formula is C21H28F2N4O3S. The minimum Gasteiger partial charge on any atom is -0.335 e. The van der Waals surface area contributed by atoms with Gasteiger partial charge in [-0.25, -0.2) is 17.2 Å². The van der Waals surface area contributed by atoms with Crippen molar-refractivity contribution in [3.63, 3.8) is 0 Å². The third-order valence-corrected chi connectivity index (χ3v) is 7.15. The number of carbonyl (C=O) groups is 1. The smallest absolute Gasteiger partial charge is 0.274 e. The fraction of sp³-hybridized carbons (Fsp3) is 0.524. The minimum atomic E-state index is -4.12. The average molecular weight is 455 g/mol. The lowest BCUT2D eigenvalue weighted by Crippen LogP contribution is -2.50. The van der Waals surface area contributed by atoms with Gasteiger partial charge in [-0.3, -0.25) is 9.48 Å². The summed E-state index contributed by atoms with van der Waals surface area (Å²) in [7, 11) is -4.12. The second-order valence-corrected chi connectivity index (χ2v) is 10.9. The Morgan fingerprint density at radius 1 is 1.06 bits per heavy atom. The Hall–Kier alpha value is -2.33. The Balaban J connectivity index is 1.76. The molecule has 0 N–H and O–H groups in total. The molecule has 0 spiro atoms. The number of rotatable bonds is 4. The molecule has 0 atom stereocenters. The zero-order valence-electron chi connectivity index (χ0n) is 18.4. The molecule has 3 rings (SSSR count). The maximum atomic E-state index is 14.0. The van der Waals surface area contributed by atoms with Crippen molar-refractivity contribution < 1.29 is 22.0 Å². The molecule has 1 aliphatic heterocycles. The van der Waals surface area contributed by atoms with Gasteiger partial charge in [0.15, 0.2) is 5.69 Å². The molecule has 1 saturated heterocycles. The lowest BCUT2D eigenvalue weighted by Gasteiger charge is -2.33. The van der Waals surface area contributed by atoms with Gasteiger partial charge >= 0.3 is 0 Å². The van der Waals surface area contributed by atoms with Crippen LogP contribution < -0.4 is 0 Å². The molecule has 7 nitrogen and oxygen atoms in total. The molecule has 0 bridgehead atoms. The largest absolute Gasteiger partial charge is 0.335 e. The summed E-state index contributed by atoms with van der Waals surface area (Å²) in [5.74, 6) is -2.06. The van der Waals surface area contributed by atoms with E-state index in [0.717, 1.165) is 22.1 Å². The van der Waals surface area contributed by atoms with E-state index in [2.05, 4.69) is 5.10 Å². The number of hydrogen-bond donors (Lipinski definition) is 0. The van der Waals surface area contributed by atoms with Crippen molar-refractivity contribution in [1.82, 2.24) is 19.0 Å². The number of benzene rings is 1. The molecule has 2 aromatic rings. The first-order chi connectivity index (χ1) is 14.3. The summed E-state index contributed by atoms with van der Waals surface area (Å²) in [5, 5.41) is 4.52. The van der Waals surface area contributed by atoms with Crippen molar-refractivity contribution in [2.45, 2.75) is 51.0 Å². The van der Waals surface area contributed by atoms with Gasteiger partial charge in [-0.05, 0) is 44.9 Å². The van der Waals surface area contributed by atoms with Crippen LogP contribution in [0.15, 0.2) is 29.2 Å². The highest BCUT2D eigenvalue weighted by Crippen LogP contribution is 2.25. The number of nitrogens with zero attached hydrogens (tertiary/aromatic N) is 4. The van der Waals surface area contributed by atoms with Crippen LogP contribution in [0.4, 0.5) is 8.78 Å². The van der Waals surface area contributed by atoms with Crippen molar-refractivity contribution >= 4 is 15.9 Å². The van der Waals surface area contributed by atoms with Crippen LogP contribution in [0.5, 0.6) is 0 Å². The molecule has 1 amide bonds. The Morgan fingerprint density at radius 3 is 2.16 bits per heavy atom. The molecular weight excluding hydrogens is 426 g/mol. The van der Waals surface area contributed by atoms with Gasteiger partial charge in [-0.1, -0.05) is 13.8 Å². The quantitative estimate of drug-likeness (QED) is 0.711. The molecule has 0 unspecified atom stereocenters. The summed E-state index contributed by atoms with van der Waals surface area (Å²) in [5.41, 5.74) is 0.979. The van der Waals surface area contributed by atoms with E-state index in [1.54, 1.807) is 11.0 Å². The van der Waals surface area contributed by atoms with Crippen LogP contribution >= 0.6 is 0 Å². The highest BCUT2D eigenvalue weighted by atomic mass is 32.2. The molecule has 0 saturated carbocycles. The van der Waals surface area contributed by atoms with Crippen molar-refractivity contribution in [1.29, 1.82) is 0 Å².